The minimum atomic E-state index is -0.0673. The number of nitrogens with zero attached hydrogens (tertiary/aromatic N) is 2. The summed E-state index contributed by atoms with van der Waals surface area (Å²) in [6, 6.07) is 15.8. The predicted octanol–water partition coefficient (Wildman–Crippen LogP) is 3.55. The highest BCUT2D eigenvalue weighted by Crippen LogP contribution is 2.16. The van der Waals surface area contributed by atoms with E-state index in [9.17, 15) is 4.79 Å². The Bertz CT molecular complexity index is 818. The monoisotopic (exact) mass is 307 g/mol. The zero-order chi connectivity index (χ0) is 16.2. The van der Waals surface area contributed by atoms with E-state index in [0.29, 0.717) is 12.1 Å². The molecular formula is C19H21N3O. The van der Waals surface area contributed by atoms with Crippen molar-refractivity contribution in [3.8, 4) is 0 Å². The van der Waals surface area contributed by atoms with Gasteiger partial charge in [-0.25, -0.2) is 4.98 Å². The second kappa shape index (κ2) is 6.65. The first-order valence-electron chi connectivity index (χ1n) is 8.04. The third-order valence-corrected chi connectivity index (χ3v) is 4.08. The summed E-state index contributed by atoms with van der Waals surface area (Å²) >= 11 is 0. The number of aryl methyl sites for hydroxylation is 2. The molecule has 4 heteroatoms. The molecule has 0 saturated carbocycles. The maximum atomic E-state index is 12.3. The topological polar surface area (TPSA) is 46.9 Å². The summed E-state index contributed by atoms with van der Waals surface area (Å²) in [4.78, 5) is 16.9. The molecule has 1 amide bonds. The van der Waals surface area contributed by atoms with Crippen LogP contribution in [0.15, 0.2) is 48.5 Å². The van der Waals surface area contributed by atoms with Crippen molar-refractivity contribution in [3.05, 3.63) is 65.5 Å². The summed E-state index contributed by atoms with van der Waals surface area (Å²) in [5.74, 6) is 0.814. The third-order valence-electron chi connectivity index (χ3n) is 4.08. The van der Waals surface area contributed by atoms with Crippen LogP contribution in [0, 0.1) is 0 Å². The maximum Gasteiger partial charge on any atom is 0.251 e. The second-order valence-electron chi connectivity index (χ2n) is 5.49. The van der Waals surface area contributed by atoms with Crippen LogP contribution in [-0.4, -0.2) is 15.5 Å². The number of para-hydroxylation sites is 2. The number of benzene rings is 2. The lowest BCUT2D eigenvalue weighted by Gasteiger charge is -2.08. The molecule has 0 bridgehead atoms. The van der Waals surface area contributed by atoms with Gasteiger partial charge in [-0.1, -0.05) is 31.2 Å². The van der Waals surface area contributed by atoms with E-state index in [1.807, 2.05) is 42.5 Å². The Morgan fingerprint density at radius 3 is 2.52 bits per heavy atom. The minimum absolute atomic E-state index is 0.0673. The average Bonchev–Trinajstić information content (AvgIpc) is 2.97. The lowest BCUT2D eigenvalue weighted by molar-refractivity contribution is 0.0949. The van der Waals surface area contributed by atoms with Crippen LogP contribution in [0.3, 0.4) is 0 Å². The molecule has 2 aromatic carbocycles. The molecule has 1 heterocycles. The molecule has 3 rings (SSSR count). The summed E-state index contributed by atoms with van der Waals surface area (Å²) in [6.45, 7) is 5.45. The van der Waals surface area contributed by atoms with Crippen LogP contribution < -0.4 is 5.32 Å². The number of fused-ring (bicyclic) bond motifs is 1. The van der Waals surface area contributed by atoms with Crippen molar-refractivity contribution in [2.24, 2.45) is 0 Å². The number of imidazole rings is 1. The summed E-state index contributed by atoms with van der Waals surface area (Å²) in [7, 11) is 0. The fourth-order valence-corrected chi connectivity index (χ4v) is 2.77. The number of rotatable bonds is 5. The van der Waals surface area contributed by atoms with Gasteiger partial charge in [-0.05, 0) is 43.2 Å². The van der Waals surface area contributed by atoms with E-state index in [1.54, 1.807) is 0 Å². The van der Waals surface area contributed by atoms with Crippen LogP contribution in [0.5, 0.6) is 0 Å². The largest absolute Gasteiger partial charge is 0.345 e. The van der Waals surface area contributed by atoms with Gasteiger partial charge < -0.3 is 9.88 Å². The third kappa shape index (κ3) is 3.11. The number of aromatic nitrogens is 2. The van der Waals surface area contributed by atoms with E-state index in [-0.39, 0.29) is 5.91 Å². The van der Waals surface area contributed by atoms with Crippen molar-refractivity contribution in [1.29, 1.82) is 0 Å². The van der Waals surface area contributed by atoms with Crippen LogP contribution in [0.4, 0.5) is 0 Å². The Labute approximate surface area is 136 Å². The molecule has 3 aromatic rings. The zero-order valence-corrected chi connectivity index (χ0v) is 13.5. The highest BCUT2D eigenvalue weighted by atomic mass is 16.1. The first-order valence-corrected chi connectivity index (χ1v) is 8.04. The lowest BCUT2D eigenvalue weighted by Crippen LogP contribution is -2.24. The molecular weight excluding hydrogens is 286 g/mol. The molecule has 0 unspecified atom stereocenters. The number of amides is 1. The van der Waals surface area contributed by atoms with Crippen LogP contribution in [-0.2, 0) is 19.5 Å². The summed E-state index contributed by atoms with van der Waals surface area (Å²) in [5.41, 5.74) is 3.98. The van der Waals surface area contributed by atoms with Crippen molar-refractivity contribution < 1.29 is 4.79 Å². The van der Waals surface area contributed by atoms with Gasteiger partial charge in [-0.3, -0.25) is 4.79 Å². The quantitative estimate of drug-likeness (QED) is 0.783. The van der Waals surface area contributed by atoms with E-state index in [4.69, 9.17) is 0 Å². The van der Waals surface area contributed by atoms with Gasteiger partial charge in [0.05, 0.1) is 17.6 Å². The first kappa shape index (κ1) is 15.3. The number of hydrogen-bond acceptors (Lipinski definition) is 2. The van der Waals surface area contributed by atoms with E-state index in [2.05, 4.69) is 34.8 Å². The summed E-state index contributed by atoms with van der Waals surface area (Å²) in [5, 5.41) is 2.97. The number of carbonyl (C=O) groups is 1. The normalized spacial score (nSPS) is 10.9. The highest BCUT2D eigenvalue weighted by Gasteiger charge is 2.11. The van der Waals surface area contributed by atoms with Crippen molar-refractivity contribution in [1.82, 2.24) is 14.9 Å². The standard InChI is InChI=1S/C19H21N3O/c1-3-14-9-11-15(12-10-14)19(23)20-13-18-21-16-7-5-6-8-17(16)22(18)4-2/h5-12H,3-4,13H2,1-2H3,(H,20,23). The fourth-order valence-electron chi connectivity index (χ4n) is 2.77. The minimum Gasteiger partial charge on any atom is -0.345 e. The van der Waals surface area contributed by atoms with Crippen molar-refractivity contribution in [2.75, 3.05) is 0 Å². The molecule has 0 spiro atoms. The molecule has 23 heavy (non-hydrogen) atoms. The van der Waals surface area contributed by atoms with Crippen LogP contribution >= 0.6 is 0 Å². The van der Waals surface area contributed by atoms with Crippen LogP contribution in [0.1, 0.15) is 35.6 Å². The van der Waals surface area contributed by atoms with Gasteiger partial charge >= 0.3 is 0 Å². The molecule has 4 nitrogen and oxygen atoms in total. The van der Waals surface area contributed by atoms with Crippen LogP contribution in [0.25, 0.3) is 11.0 Å². The molecule has 0 saturated heterocycles. The smallest absolute Gasteiger partial charge is 0.251 e. The first-order chi connectivity index (χ1) is 11.2. The Morgan fingerprint density at radius 1 is 1.09 bits per heavy atom. The molecule has 0 aliphatic heterocycles. The molecule has 0 aliphatic carbocycles. The molecule has 1 aromatic heterocycles. The van der Waals surface area contributed by atoms with Gasteiger partial charge in [0, 0.05) is 12.1 Å². The predicted molar refractivity (Wildman–Crippen MR) is 92.4 cm³/mol. The molecule has 0 atom stereocenters. The Morgan fingerprint density at radius 2 is 1.83 bits per heavy atom. The SMILES string of the molecule is CCc1ccc(C(=O)NCc2nc3ccccc3n2CC)cc1. The molecule has 0 radical (unpaired) electrons. The van der Waals surface area contributed by atoms with Crippen molar-refractivity contribution in [2.45, 2.75) is 33.4 Å². The van der Waals surface area contributed by atoms with Crippen molar-refractivity contribution >= 4 is 16.9 Å². The summed E-state index contributed by atoms with van der Waals surface area (Å²) in [6.07, 6.45) is 0.975. The second-order valence-corrected chi connectivity index (χ2v) is 5.49. The Hall–Kier alpha value is -2.62. The highest BCUT2D eigenvalue weighted by molar-refractivity contribution is 5.94. The van der Waals surface area contributed by atoms with E-state index < -0.39 is 0 Å². The molecule has 0 aliphatic rings. The van der Waals surface area contributed by atoms with Gasteiger partial charge in [0.25, 0.3) is 5.91 Å². The maximum absolute atomic E-state index is 12.3. The number of nitrogens with one attached hydrogen (secondary N) is 1. The molecule has 1 N–H and O–H groups in total. The van der Waals surface area contributed by atoms with Gasteiger partial charge in [0.15, 0.2) is 0 Å². The van der Waals surface area contributed by atoms with E-state index >= 15 is 0 Å². The van der Waals surface area contributed by atoms with E-state index in [0.717, 1.165) is 29.8 Å². The number of carbonyl (C=O) groups excluding carboxylic acids is 1. The van der Waals surface area contributed by atoms with Gasteiger partial charge in [-0.2, -0.15) is 0 Å². The lowest BCUT2D eigenvalue weighted by atomic mass is 10.1. The fraction of sp³-hybridized carbons (Fsp3) is 0.263. The average molecular weight is 307 g/mol. The Balaban J connectivity index is 1.75. The van der Waals surface area contributed by atoms with Crippen LogP contribution in [0.2, 0.25) is 0 Å². The number of hydrogen-bond donors (Lipinski definition) is 1. The van der Waals surface area contributed by atoms with Gasteiger partial charge in [-0.15, -0.1) is 0 Å². The van der Waals surface area contributed by atoms with Gasteiger partial charge in [0.2, 0.25) is 0 Å². The van der Waals surface area contributed by atoms with Gasteiger partial charge in [0.1, 0.15) is 5.82 Å². The van der Waals surface area contributed by atoms with E-state index in [1.165, 1.54) is 5.56 Å². The molecule has 0 fully saturated rings. The van der Waals surface area contributed by atoms with Crippen molar-refractivity contribution in [3.63, 3.8) is 0 Å². The molecule has 118 valence electrons. The Kier molecular flexibility index (Phi) is 4.42. The summed E-state index contributed by atoms with van der Waals surface area (Å²) < 4.78 is 2.13. The zero-order valence-electron chi connectivity index (χ0n) is 13.5.